The Morgan fingerprint density at radius 1 is 0.737 bits per heavy atom. The van der Waals surface area contributed by atoms with Crippen molar-refractivity contribution in [3.05, 3.63) is 118 Å². The maximum absolute atomic E-state index is 6.44. The zero-order valence-electron chi connectivity index (χ0n) is 21.9. The molecular weight excluding hydrogens is 498 g/mol. The Balaban J connectivity index is 1.45. The summed E-state index contributed by atoms with van der Waals surface area (Å²) in [6.45, 7) is 2.11. The maximum Gasteiger partial charge on any atom is 0.161 e. The molecule has 1 heterocycles. The van der Waals surface area contributed by atoms with Gasteiger partial charge in [0.25, 0.3) is 0 Å². The van der Waals surface area contributed by atoms with Crippen LogP contribution >= 0.6 is 11.6 Å². The van der Waals surface area contributed by atoms with Gasteiger partial charge in [-0.1, -0.05) is 60.1 Å². The van der Waals surface area contributed by atoms with Gasteiger partial charge in [-0.05, 0) is 70.6 Å². The maximum atomic E-state index is 6.44. The molecule has 0 N–H and O–H groups in total. The van der Waals surface area contributed by atoms with Gasteiger partial charge in [0.05, 0.1) is 27.4 Å². The fourth-order valence-corrected chi connectivity index (χ4v) is 5.33. The molecule has 0 amide bonds. The Bertz CT molecular complexity index is 1390. The standard InChI is InChI=1S/C32H32ClNO4/c1-35-29-16-23(12-13-28(29)38-21-22-8-5-4-6-9-22)20-34-15-14-24-18-30(36-2)31(37-3)19-27(24)32(34)25-10-7-11-26(33)17-25/h4-13,16-19,32H,14-15,20-21H2,1-3H3. The lowest BCUT2D eigenvalue weighted by atomic mass is 9.87. The van der Waals surface area contributed by atoms with Crippen molar-refractivity contribution in [3.63, 3.8) is 0 Å². The molecule has 5 rings (SSSR count). The van der Waals surface area contributed by atoms with Crippen molar-refractivity contribution in [1.82, 2.24) is 4.90 Å². The van der Waals surface area contributed by atoms with Crippen molar-refractivity contribution in [3.8, 4) is 23.0 Å². The highest BCUT2D eigenvalue weighted by Crippen LogP contribution is 2.42. The highest BCUT2D eigenvalue weighted by molar-refractivity contribution is 6.30. The Labute approximate surface area is 229 Å². The molecule has 196 valence electrons. The molecule has 0 spiro atoms. The number of benzene rings is 4. The van der Waals surface area contributed by atoms with E-state index >= 15 is 0 Å². The second kappa shape index (κ2) is 11.8. The van der Waals surface area contributed by atoms with E-state index in [4.69, 9.17) is 30.5 Å². The first kappa shape index (κ1) is 26.0. The van der Waals surface area contributed by atoms with Gasteiger partial charge >= 0.3 is 0 Å². The molecule has 0 bridgehead atoms. The Morgan fingerprint density at radius 3 is 2.21 bits per heavy atom. The van der Waals surface area contributed by atoms with E-state index in [0.29, 0.717) is 6.61 Å². The minimum Gasteiger partial charge on any atom is -0.493 e. The van der Waals surface area contributed by atoms with Gasteiger partial charge in [0.1, 0.15) is 6.61 Å². The molecule has 0 fully saturated rings. The lowest BCUT2D eigenvalue weighted by Gasteiger charge is -2.38. The zero-order valence-corrected chi connectivity index (χ0v) is 22.7. The van der Waals surface area contributed by atoms with E-state index in [9.17, 15) is 0 Å². The van der Waals surface area contributed by atoms with Crippen molar-refractivity contribution >= 4 is 11.6 Å². The van der Waals surface area contributed by atoms with E-state index in [1.54, 1.807) is 21.3 Å². The Hall–Kier alpha value is -3.67. The monoisotopic (exact) mass is 529 g/mol. The molecule has 0 aliphatic carbocycles. The fraction of sp³-hybridized carbons (Fsp3) is 0.250. The average Bonchev–Trinajstić information content (AvgIpc) is 2.96. The number of fused-ring (bicyclic) bond motifs is 1. The number of rotatable bonds is 9. The average molecular weight is 530 g/mol. The smallest absolute Gasteiger partial charge is 0.161 e. The van der Waals surface area contributed by atoms with E-state index in [0.717, 1.165) is 64.2 Å². The lowest BCUT2D eigenvalue weighted by molar-refractivity contribution is 0.203. The number of ether oxygens (including phenoxy) is 4. The normalized spacial score (nSPS) is 15.0. The van der Waals surface area contributed by atoms with Crippen LogP contribution in [0.3, 0.4) is 0 Å². The van der Waals surface area contributed by atoms with Crippen LogP contribution in [-0.4, -0.2) is 32.8 Å². The van der Waals surface area contributed by atoms with Crippen LogP contribution in [0.2, 0.25) is 5.02 Å². The summed E-state index contributed by atoms with van der Waals surface area (Å²) in [5, 5.41) is 0.719. The van der Waals surface area contributed by atoms with Crippen molar-refractivity contribution in [1.29, 1.82) is 0 Å². The molecule has 4 aromatic rings. The van der Waals surface area contributed by atoms with Gasteiger partial charge < -0.3 is 18.9 Å². The predicted octanol–water partition coefficient (Wildman–Crippen LogP) is 7.09. The van der Waals surface area contributed by atoms with Gasteiger partial charge in [0.2, 0.25) is 0 Å². The Morgan fingerprint density at radius 2 is 1.47 bits per heavy atom. The van der Waals surface area contributed by atoms with E-state index in [2.05, 4.69) is 47.4 Å². The molecule has 0 saturated carbocycles. The van der Waals surface area contributed by atoms with Gasteiger partial charge in [0.15, 0.2) is 23.0 Å². The van der Waals surface area contributed by atoms with Crippen LogP contribution in [-0.2, 0) is 19.6 Å². The fourth-order valence-electron chi connectivity index (χ4n) is 5.13. The molecule has 1 unspecified atom stereocenters. The summed E-state index contributed by atoms with van der Waals surface area (Å²) in [6, 6.07) is 28.6. The Kier molecular flexibility index (Phi) is 8.06. The lowest BCUT2D eigenvalue weighted by Crippen LogP contribution is -2.35. The van der Waals surface area contributed by atoms with E-state index in [-0.39, 0.29) is 6.04 Å². The molecule has 0 aromatic heterocycles. The van der Waals surface area contributed by atoms with Crippen LogP contribution in [0.4, 0.5) is 0 Å². The molecule has 1 aliphatic heterocycles. The van der Waals surface area contributed by atoms with Gasteiger partial charge in [-0.2, -0.15) is 0 Å². The van der Waals surface area contributed by atoms with Crippen LogP contribution in [0.1, 0.15) is 33.9 Å². The van der Waals surface area contributed by atoms with Crippen molar-refractivity contribution in [2.24, 2.45) is 0 Å². The molecule has 6 heteroatoms. The first-order valence-corrected chi connectivity index (χ1v) is 13.1. The third-order valence-corrected chi connectivity index (χ3v) is 7.22. The summed E-state index contributed by atoms with van der Waals surface area (Å²) in [7, 11) is 5.03. The minimum absolute atomic E-state index is 0.0114. The van der Waals surface area contributed by atoms with Crippen molar-refractivity contribution in [2.75, 3.05) is 27.9 Å². The zero-order chi connectivity index (χ0) is 26.5. The number of nitrogens with zero attached hydrogens (tertiary/aromatic N) is 1. The van der Waals surface area contributed by atoms with Crippen LogP contribution in [0.5, 0.6) is 23.0 Å². The van der Waals surface area contributed by atoms with Crippen LogP contribution in [0.25, 0.3) is 0 Å². The summed E-state index contributed by atoms with van der Waals surface area (Å²) in [4.78, 5) is 2.47. The second-order valence-electron chi connectivity index (χ2n) is 9.34. The third-order valence-electron chi connectivity index (χ3n) is 6.99. The van der Waals surface area contributed by atoms with Crippen molar-refractivity contribution in [2.45, 2.75) is 25.6 Å². The second-order valence-corrected chi connectivity index (χ2v) is 9.78. The van der Waals surface area contributed by atoms with Gasteiger partial charge in [-0.3, -0.25) is 4.90 Å². The molecule has 0 radical (unpaired) electrons. The summed E-state index contributed by atoms with van der Waals surface area (Å²) < 4.78 is 23.0. The highest BCUT2D eigenvalue weighted by Gasteiger charge is 2.31. The van der Waals surface area contributed by atoms with Crippen molar-refractivity contribution < 1.29 is 18.9 Å². The highest BCUT2D eigenvalue weighted by atomic mass is 35.5. The molecule has 38 heavy (non-hydrogen) atoms. The van der Waals surface area contributed by atoms with Crippen LogP contribution in [0.15, 0.2) is 84.9 Å². The molecule has 1 atom stereocenters. The number of hydrogen-bond acceptors (Lipinski definition) is 5. The van der Waals surface area contributed by atoms with E-state index in [1.165, 1.54) is 11.1 Å². The predicted molar refractivity (Wildman–Crippen MR) is 151 cm³/mol. The molecule has 5 nitrogen and oxygen atoms in total. The van der Waals surface area contributed by atoms with E-state index in [1.807, 2.05) is 42.5 Å². The van der Waals surface area contributed by atoms with Crippen LogP contribution < -0.4 is 18.9 Å². The number of halogens is 1. The SMILES string of the molecule is COc1cc2c(cc1OC)C(c1cccc(Cl)c1)N(Cc1ccc(OCc3ccccc3)c(OC)c1)CC2. The molecular formula is C32H32ClNO4. The largest absolute Gasteiger partial charge is 0.493 e. The minimum atomic E-state index is 0.0114. The topological polar surface area (TPSA) is 40.2 Å². The summed E-state index contributed by atoms with van der Waals surface area (Å²) in [6.07, 6.45) is 0.905. The summed E-state index contributed by atoms with van der Waals surface area (Å²) in [5.41, 5.74) is 5.85. The van der Waals surface area contributed by atoms with Gasteiger partial charge in [-0.25, -0.2) is 0 Å². The van der Waals surface area contributed by atoms with E-state index < -0.39 is 0 Å². The quantitative estimate of drug-likeness (QED) is 0.231. The first-order chi connectivity index (χ1) is 18.6. The van der Waals surface area contributed by atoms with Gasteiger partial charge in [0, 0.05) is 18.1 Å². The number of methoxy groups -OCH3 is 3. The number of hydrogen-bond donors (Lipinski definition) is 0. The first-order valence-electron chi connectivity index (χ1n) is 12.7. The third kappa shape index (κ3) is 5.59. The van der Waals surface area contributed by atoms with Crippen LogP contribution in [0, 0.1) is 0 Å². The summed E-state index contributed by atoms with van der Waals surface area (Å²) in [5.74, 6) is 2.93. The molecule has 4 aromatic carbocycles. The molecule has 1 aliphatic rings. The molecule has 0 saturated heterocycles. The van der Waals surface area contributed by atoms with Gasteiger partial charge in [-0.15, -0.1) is 0 Å². The summed E-state index contributed by atoms with van der Waals surface area (Å²) >= 11 is 6.44.